The van der Waals surface area contributed by atoms with E-state index in [0.29, 0.717) is 6.42 Å². The van der Waals surface area contributed by atoms with E-state index in [1.807, 2.05) is 54.6 Å². The minimum atomic E-state index is -0.771. The van der Waals surface area contributed by atoms with Crippen molar-refractivity contribution >= 4 is 5.57 Å². The van der Waals surface area contributed by atoms with Gasteiger partial charge in [0, 0.05) is 6.42 Å². The molecule has 1 nitrogen and oxygen atoms in total. The van der Waals surface area contributed by atoms with Crippen molar-refractivity contribution in [2.75, 3.05) is 0 Å². The molecule has 3 rings (SSSR count). The molecule has 0 bridgehead atoms. The lowest BCUT2D eigenvalue weighted by atomic mass is 9.74. The van der Waals surface area contributed by atoms with Gasteiger partial charge in [0.1, 0.15) is 5.60 Å². The fourth-order valence-corrected chi connectivity index (χ4v) is 2.30. The van der Waals surface area contributed by atoms with Gasteiger partial charge in [-0.2, -0.15) is 0 Å². The molecule has 2 aromatic carbocycles. The fourth-order valence-electron chi connectivity index (χ4n) is 2.30. The zero-order chi connectivity index (χ0) is 11.7. The Labute approximate surface area is 101 Å². The normalized spacial score (nSPS) is 22.8. The molecule has 0 radical (unpaired) electrons. The minimum Gasteiger partial charge on any atom is -0.381 e. The highest BCUT2D eigenvalue weighted by Crippen LogP contribution is 2.43. The van der Waals surface area contributed by atoms with Gasteiger partial charge < -0.3 is 5.11 Å². The van der Waals surface area contributed by atoms with E-state index in [1.54, 1.807) is 0 Å². The summed E-state index contributed by atoms with van der Waals surface area (Å²) in [5.74, 6) is 0. The van der Waals surface area contributed by atoms with Crippen LogP contribution in [0.3, 0.4) is 0 Å². The van der Waals surface area contributed by atoms with Gasteiger partial charge in [-0.25, -0.2) is 0 Å². The lowest BCUT2D eigenvalue weighted by molar-refractivity contribution is 0.0805. The highest BCUT2D eigenvalue weighted by atomic mass is 16.3. The van der Waals surface area contributed by atoms with Crippen molar-refractivity contribution in [2.24, 2.45) is 0 Å². The van der Waals surface area contributed by atoms with Gasteiger partial charge in [-0.15, -0.1) is 0 Å². The smallest absolute Gasteiger partial charge is 0.112 e. The Bertz CT molecular complexity index is 542. The molecule has 1 aliphatic rings. The van der Waals surface area contributed by atoms with Crippen LogP contribution in [0.5, 0.6) is 0 Å². The van der Waals surface area contributed by atoms with Gasteiger partial charge in [-0.3, -0.25) is 0 Å². The Morgan fingerprint density at radius 3 is 1.94 bits per heavy atom. The summed E-state index contributed by atoms with van der Waals surface area (Å²) in [6, 6.07) is 20.0. The van der Waals surface area contributed by atoms with E-state index in [4.69, 9.17) is 0 Å². The van der Waals surface area contributed by atoms with Crippen molar-refractivity contribution in [3.05, 3.63) is 77.9 Å². The molecule has 17 heavy (non-hydrogen) atoms. The van der Waals surface area contributed by atoms with E-state index in [0.717, 1.165) is 5.56 Å². The number of hydrogen-bond acceptors (Lipinski definition) is 1. The molecule has 0 aliphatic heterocycles. The highest BCUT2D eigenvalue weighted by Gasteiger charge is 2.36. The van der Waals surface area contributed by atoms with E-state index in [1.165, 1.54) is 11.1 Å². The van der Waals surface area contributed by atoms with Gasteiger partial charge in [0.05, 0.1) is 0 Å². The Morgan fingerprint density at radius 2 is 1.35 bits per heavy atom. The predicted octanol–water partition coefficient (Wildman–Crippen LogP) is 3.36. The summed E-state index contributed by atoms with van der Waals surface area (Å²) in [6.07, 6.45) is 2.65. The van der Waals surface area contributed by atoms with Crippen molar-refractivity contribution in [3.63, 3.8) is 0 Å². The van der Waals surface area contributed by atoms with Crippen molar-refractivity contribution in [1.82, 2.24) is 0 Å². The molecule has 0 fully saturated rings. The molecule has 0 aromatic heterocycles. The van der Waals surface area contributed by atoms with Crippen LogP contribution >= 0.6 is 0 Å². The first-order valence-corrected chi connectivity index (χ1v) is 5.83. The Balaban J connectivity index is 1.90. The second-order valence-electron chi connectivity index (χ2n) is 4.50. The molecule has 0 saturated carbocycles. The first-order valence-electron chi connectivity index (χ1n) is 5.83. The lowest BCUT2D eigenvalue weighted by Gasteiger charge is -2.35. The first-order chi connectivity index (χ1) is 8.28. The van der Waals surface area contributed by atoms with Crippen molar-refractivity contribution in [3.8, 4) is 0 Å². The lowest BCUT2D eigenvalue weighted by Crippen LogP contribution is -2.30. The standard InChI is InChI=1S/C16H14O/c17-16(15-9-5-2-6-10-15)11-14(12-16)13-7-3-1-4-8-13/h1-11,17H,12H2. The van der Waals surface area contributed by atoms with Crippen molar-refractivity contribution in [1.29, 1.82) is 0 Å². The second kappa shape index (κ2) is 3.86. The largest absolute Gasteiger partial charge is 0.381 e. The molecule has 0 heterocycles. The Morgan fingerprint density at radius 1 is 0.824 bits per heavy atom. The molecule has 1 aliphatic carbocycles. The summed E-state index contributed by atoms with van der Waals surface area (Å²) < 4.78 is 0. The topological polar surface area (TPSA) is 20.2 Å². The van der Waals surface area contributed by atoms with Crippen molar-refractivity contribution in [2.45, 2.75) is 12.0 Å². The average Bonchev–Trinajstić information content (AvgIpc) is 2.37. The zero-order valence-electron chi connectivity index (χ0n) is 9.51. The third-order valence-corrected chi connectivity index (χ3v) is 3.29. The first kappa shape index (κ1) is 10.3. The van der Waals surface area contributed by atoms with Gasteiger partial charge in [0.15, 0.2) is 0 Å². The van der Waals surface area contributed by atoms with Gasteiger partial charge in [-0.05, 0) is 22.8 Å². The maximum atomic E-state index is 10.4. The van der Waals surface area contributed by atoms with Crippen LogP contribution in [0.15, 0.2) is 66.7 Å². The zero-order valence-corrected chi connectivity index (χ0v) is 9.51. The van der Waals surface area contributed by atoms with E-state index in [2.05, 4.69) is 12.1 Å². The molecule has 0 amide bonds. The molecule has 0 saturated heterocycles. The molecule has 0 spiro atoms. The summed E-state index contributed by atoms with van der Waals surface area (Å²) in [4.78, 5) is 0. The van der Waals surface area contributed by atoms with Gasteiger partial charge in [0.25, 0.3) is 0 Å². The Hall–Kier alpha value is -1.86. The molecule has 1 atom stereocenters. The summed E-state index contributed by atoms with van der Waals surface area (Å²) in [6.45, 7) is 0. The molecule has 2 aromatic rings. The molecule has 84 valence electrons. The van der Waals surface area contributed by atoms with E-state index in [-0.39, 0.29) is 0 Å². The van der Waals surface area contributed by atoms with Crippen LogP contribution in [0.2, 0.25) is 0 Å². The van der Waals surface area contributed by atoms with Crippen LogP contribution in [0.25, 0.3) is 5.57 Å². The molecular weight excluding hydrogens is 208 g/mol. The van der Waals surface area contributed by atoms with E-state index >= 15 is 0 Å². The Kier molecular flexibility index (Phi) is 2.34. The maximum absolute atomic E-state index is 10.4. The van der Waals surface area contributed by atoms with Crippen LogP contribution in [-0.4, -0.2) is 5.11 Å². The third-order valence-electron chi connectivity index (χ3n) is 3.29. The third kappa shape index (κ3) is 1.79. The minimum absolute atomic E-state index is 0.695. The number of rotatable bonds is 2. The van der Waals surface area contributed by atoms with Gasteiger partial charge in [0.2, 0.25) is 0 Å². The quantitative estimate of drug-likeness (QED) is 0.826. The molecule has 1 unspecified atom stereocenters. The molecule has 1 N–H and O–H groups in total. The second-order valence-corrected chi connectivity index (χ2v) is 4.50. The van der Waals surface area contributed by atoms with Crippen LogP contribution in [-0.2, 0) is 5.60 Å². The fraction of sp³-hybridized carbons (Fsp3) is 0.125. The van der Waals surface area contributed by atoms with Crippen molar-refractivity contribution < 1.29 is 5.11 Å². The number of benzene rings is 2. The monoisotopic (exact) mass is 222 g/mol. The van der Waals surface area contributed by atoms with E-state index < -0.39 is 5.60 Å². The predicted molar refractivity (Wildman–Crippen MR) is 69.4 cm³/mol. The highest BCUT2D eigenvalue weighted by molar-refractivity contribution is 5.74. The summed E-state index contributed by atoms with van der Waals surface area (Å²) in [7, 11) is 0. The van der Waals surface area contributed by atoms with E-state index in [9.17, 15) is 5.11 Å². The maximum Gasteiger partial charge on any atom is 0.112 e. The van der Waals surface area contributed by atoms with Crippen LogP contribution in [0, 0.1) is 0 Å². The van der Waals surface area contributed by atoms with Crippen LogP contribution in [0.1, 0.15) is 17.5 Å². The summed E-state index contributed by atoms with van der Waals surface area (Å²) >= 11 is 0. The summed E-state index contributed by atoms with van der Waals surface area (Å²) in [5, 5.41) is 10.4. The number of hydrogen-bond donors (Lipinski definition) is 1. The average molecular weight is 222 g/mol. The SMILES string of the molecule is OC1(c2ccccc2)C=C(c2ccccc2)C1. The summed E-state index contributed by atoms with van der Waals surface area (Å²) in [5.41, 5.74) is 2.62. The van der Waals surface area contributed by atoms with Gasteiger partial charge in [-0.1, -0.05) is 60.7 Å². The van der Waals surface area contributed by atoms with Crippen LogP contribution < -0.4 is 0 Å². The molecule has 1 heteroatoms. The van der Waals surface area contributed by atoms with Crippen LogP contribution in [0.4, 0.5) is 0 Å². The molecular formula is C16H14O. The van der Waals surface area contributed by atoms with Gasteiger partial charge >= 0.3 is 0 Å². The number of aliphatic hydroxyl groups is 1.